The van der Waals surface area contributed by atoms with E-state index < -0.39 is 0 Å². The molecule has 0 heterocycles. The van der Waals surface area contributed by atoms with Gasteiger partial charge < -0.3 is 5.73 Å². The lowest BCUT2D eigenvalue weighted by atomic mass is 9.69. The predicted octanol–water partition coefficient (Wildman–Crippen LogP) is 2.29. The molecule has 4 unspecified atom stereocenters. The Morgan fingerprint density at radius 2 is 2.13 bits per heavy atom. The molecule has 2 heteroatoms. The number of ketones is 1. The Kier molecular flexibility index (Phi) is 3.25. The summed E-state index contributed by atoms with van der Waals surface area (Å²) in [5.41, 5.74) is 5.79. The van der Waals surface area contributed by atoms with E-state index in [-0.39, 0.29) is 17.7 Å². The molecule has 1 saturated carbocycles. The first-order chi connectivity index (χ1) is 7.20. The van der Waals surface area contributed by atoms with Crippen LogP contribution in [0.4, 0.5) is 0 Å². The van der Waals surface area contributed by atoms with Crippen LogP contribution in [0.2, 0.25) is 0 Å². The fraction of sp³-hybridized carbons (Fsp3) is 0.769. The highest BCUT2D eigenvalue weighted by Gasteiger charge is 2.36. The molecule has 0 aromatic rings. The SMILES string of the molecule is CC1C(=O)C(N)CCC1C1C=CCCC1. The minimum absolute atomic E-state index is 0.168. The van der Waals surface area contributed by atoms with Crippen molar-refractivity contribution in [3.05, 3.63) is 12.2 Å². The summed E-state index contributed by atoms with van der Waals surface area (Å²) in [4.78, 5) is 11.8. The van der Waals surface area contributed by atoms with Crippen LogP contribution in [0.3, 0.4) is 0 Å². The van der Waals surface area contributed by atoms with Crippen LogP contribution in [0.5, 0.6) is 0 Å². The molecule has 0 saturated heterocycles. The van der Waals surface area contributed by atoms with E-state index in [0.717, 1.165) is 12.8 Å². The average molecular weight is 207 g/mol. The van der Waals surface area contributed by atoms with E-state index in [1.807, 2.05) is 0 Å². The second-order valence-corrected chi connectivity index (χ2v) is 5.06. The smallest absolute Gasteiger partial charge is 0.152 e. The molecule has 4 atom stereocenters. The third kappa shape index (κ3) is 2.15. The summed E-state index contributed by atoms with van der Waals surface area (Å²) < 4.78 is 0. The second kappa shape index (κ2) is 4.48. The summed E-state index contributed by atoms with van der Waals surface area (Å²) in [6.07, 6.45) is 10.4. The Bertz CT molecular complexity index is 272. The van der Waals surface area contributed by atoms with Crippen LogP contribution < -0.4 is 5.73 Å². The van der Waals surface area contributed by atoms with Crippen molar-refractivity contribution >= 4 is 5.78 Å². The maximum absolute atomic E-state index is 11.8. The Hall–Kier alpha value is -0.630. The highest BCUT2D eigenvalue weighted by molar-refractivity contribution is 5.86. The maximum atomic E-state index is 11.8. The predicted molar refractivity (Wildman–Crippen MR) is 61.4 cm³/mol. The molecular weight excluding hydrogens is 186 g/mol. The lowest BCUT2D eigenvalue weighted by Gasteiger charge is -2.36. The Morgan fingerprint density at radius 3 is 2.80 bits per heavy atom. The molecule has 2 aliphatic carbocycles. The van der Waals surface area contributed by atoms with Crippen molar-refractivity contribution < 1.29 is 4.79 Å². The van der Waals surface area contributed by atoms with E-state index in [1.165, 1.54) is 19.3 Å². The largest absolute Gasteiger partial charge is 0.321 e. The van der Waals surface area contributed by atoms with Crippen LogP contribution >= 0.6 is 0 Å². The molecule has 2 N–H and O–H groups in total. The zero-order valence-electron chi connectivity index (χ0n) is 9.49. The van der Waals surface area contributed by atoms with Gasteiger partial charge in [-0.05, 0) is 43.9 Å². The Balaban J connectivity index is 2.06. The van der Waals surface area contributed by atoms with Gasteiger partial charge in [-0.15, -0.1) is 0 Å². The fourth-order valence-corrected chi connectivity index (χ4v) is 3.09. The van der Waals surface area contributed by atoms with Crippen molar-refractivity contribution in [2.45, 2.75) is 45.1 Å². The number of rotatable bonds is 1. The summed E-state index contributed by atoms with van der Waals surface area (Å²) in [6, 6.07) is -0.191. The van der Waals surface area contributed by atoms with E-state index in [9.17, 15) is 4.79 Å². The molecule has 0 radical (unpaired) electrons. The monoisotopic (exact) mass is 207 g/mol. The summed E-state index contributed by atoms with van der Waals surface area (Å²) in [7, 11) is 0. The molecule has 0 bridgehead atoms. The molecule has 0 aliphatic heterocycles. The third-order valence-electron chi connectivity index (χ3n) is 4.11. The first kappa shape index (κ1) is 10.9. The standard InChI is InChI=1S/C13H21NO/c1-9-11(7-8-12(14)13(9)15)10-5-3-2-4-6-10/h3,5,9-12H,2,4,6-8,14H2,1H3. The van der Waals surface area contributed by atoms with Gasteiger partial charge in [-0.3, -0.25) is 4.79 Å². The summed E-state index contributed by atoms with van der Waals surface area (Å²) in [6.45, 7) is 2.06. The van der Waals surface area contributed by atoms with Crippen LogP contribution in [0.25, 0.3) is 0 Å². The van der Waals surface area contributed by atoms with Crippen molar-refractivity contribution in [3.63, 3.8) is 0 Å². The zero-order chi connectivity index (χ0) is 10.8. The van der Waals surface area contributed by atoms with E-state index in [0.29, 0.717) is 11.8 Å². The number of carbonyl (C=O) groups is 1. The van der Waals surface area contributed by atoms with E-state index in [2.05, 4.69) is 19.1 Å². The maximum Gasteiger partial charge on any atom is 0.152 e. The first-order valence-corrected chi connectivity index (χ1v) is 6.16. The quantitative estimate of drug-likeness (QED) is 0.670. The zero-order valence-corrected chi connectivity index (χ0v) is 9.49. The van der Waals surface area contributed by atoms with Gasteiger partial charge >= 0.3 is 0 Å². The van der Waals surface area contributed by atoms with Gasteiger partial charge in [0.1, 0.15) is 0 Å². The molecule has 2 nitrogen and oxygen atoms in total. The summed E-state index contributed by atoms with van der Waals surface area (Å²) in [5.74, 6) is 1.63. The van der Waals surface area contributed by atoms with Gasteiger partial charge in [-0.25, -0.2) is 0 Å². The Labute approximate surface area is 91.9 Å². The molecule has 1 fully saturated rings. The molecule has 0 spiro atoms. The number of hydrogen-bond acceptors (Lipinski definition) is 2. The van der Waals surface area contributed by atoms with E-state index in [4.69, 9.17) is 5.73 Å². The summed E-state index contributed by atoms with van der Waals surface area (Å²) in [5, 5.41) is 0. The van der Waals surface area contributed by atoms with E-state index >= 15 is 0 Å². The number of allylic oxidation sites excluding steroid dienone is 2. The third-order valence-corrected chi connectivity index (χ3v) is 4.11. The molecule has 0 amide bonds. The van der Waals surface area contributed by atoms with Crippen molar-refractivity contribution in [2.24, 2.45) is 23.5 Å². The second-order valence-electron chi connectivity index (χ2n) is 5.06. The van der Waals surface area contributed by atoms with Gasteiger partial charge in [0, 0.05) is 5.92 Å². The molecule has 15 heavy (non-hydrogen) atoms. The van der Waals surface area contributed by atoms with Gasteiger partial charge in [0.25, 0.3) is 0 Å². The lowest BCUT2D eigenvalue weighted by molar-refractivity contribution is -0.128. The van der Waals surface area contributed by atoms with Crippen molar-refractivity contribution in [1.82, 2.24) is 0 Å². The van der Waals surface area contributed by atoms with Crippen LogP contribution in [-0.4, -0.2) is 11.8 Å². The average Bonchev–Trinajstić information content (AvgIpc) is 2.27. The van der Waals surface area contributed by atoms with Gasteiger partial charge in [-0.1, -0.05) is 19.1 Å². The highest BCUT2D eigenvalue weighted by Crippen LogP contribution is 2.37. The highest BCUT2D eigenvalue weighted by atomic mass is 16.1. The van der Waals surface area contributed by atoms with Crippen LogP contribution in [0.15, 0.2) is 12.2 Å². The Morgan fingerprint density at radius 1 is 1.33 bits per heavy atom. The molecule has 84 valence electrons. The molecule has 0 aromatic heterocycles. The lowest BCUT2D eigenvalue weighted by Crippen LogP contribution is -2.44. The molecular formula is C13H21NO. The minimum atomic E-state index is -0.191. The number of hydrogen-bond donors (Lipinski definition) is 1. The normalized spacial score (nSPS) is 41.9. The van der Waals surface area contributed by atoms with Gasteiger partial charge in [0.15, 0.2) is 5.78 Å². The van der Waals surface area contributed by atoms with Crippen LogP contribution in [0.1, 0.15) is 39.0 Å². The van der Waals surface area contributed by atoms with Crippen molar-refractivity contribution in [2.75, 3.05) is 0 Å². The number of Topliss-reactive ketones (excluding diaryl/α,β-unsaturated/α-hetero) is 1. The summed E-state index contributed by atoms with van der Waals surface area (Å²) >= 11 is 0. The number of carbonyl (C=O) groups excluding carboxylic acids is 1. The minimum Gasteiger partial charge on any atom is -0.321 e. The fourth-order valence-electron chi connectivity index (χ4n) is 3.09. The van der Waals surface area contributed by atoms with Crippen LogP contribution in [0, 0.1) is 17.8 Å². The topological polar surface area (TPSA) is 43.1 Å². The molecule has 0 aromatic carbocycles. The van der Waals surface area contributed by atoms with Crippen molar-refractivity contribution in [1.29, 1.82) is 0 Å². The van der Waals surface area contributed by atoms with Crippen molar-refractivity contribution in [3.8, 4) is 0 Å². The van der Waals surface area contributed by atoms with Crippen LogP contribution in [-0.2, 0) is 4.79 Å². The molecule has 2 aliphatic rings. The van der Waals surface area contributed by atoms with E-state index in [1.54, 1.807) is 0 Å². The molecule has 2 rings (SSSR count). The van der Waals surface area contributed by atoms with Gasteiger partial charge in [0.2, 0.25) is 0 Å². The van der Waals surface area contributed by atoms with Gasteiger partial charge in [-0.2, -0.15) is 0 Å². The first-order valence-electron chi connectivity index (χ1n) is 6.16. The number of nitrogens with two attached hydrogens (primary N) is 1. The van der Waals surface area contributed by atoms with Gasteiger partial charge in [0.05, 0.1) is 6.04 Å².